The molecule has 4 nitrogen and oxygen atoms in total. The molecule has 185 valence electrons. The summed E-state index contributed by atoms with van der Waals surface area (Å²) in [6.07, 6.45) is 0. The minimum absolute atomic E-state index is 0. The molecular formula is C32H24AuN4-2. The van der Waals surface area contributed by atoms with E-state index in [2.05, 4.69) is 82.7 Å². The first kappa shape index (κ1) is 24.6. The second-order valence-electron chi connectivity index (χ2n) is 8.44. The summed E-state index contributed by atoms with van der Waals surface area (Å²) in [5.41, 5.74) is 5.39. The van der Waals surface area contributed by atoms with Gasteiger partial charge in [0.1, 0.15) is 5.84 Å². The minimum atomic E-state index is 0. The van der Waals surface area contributed by atoms with E-state index < -0.39 is 0 Å². The summed E-state index contributed by atoms with van der Waals surface area (Å²) < 4.78 is 0. The Labute approximate surface area is 232 Å². The number of hydrazone groups is 1. The first-order chi connectivity index (χ1) is 17.9. The van der Waals surface area contributed by atoms with E-state index in [-0.39, 0.29) is 22.4 Å². The van der Waals surface area contributed by atoms with Crippen molar-refractivity contribution in [1.82, 2.24) is 4.98 Å². The zero-order valence-electron chi connectivity index (χ0n) is 19.9. The Bertz CT molecular complexity index is 1560. The molecule has 0 amide bonds. The van der Waals surface area contributed by atoms with Crippen molar-refractivity contribution in [3.8, 4) is 0 Å². The summed E-state index contributed by atoms with van der Waals surface area (Å²) in [5, 5.41) is 9.22. The van der Waals surface area contributed by atoms with Crippen LogP contribution in [0.5, 0.6) is 0 Å². The SMILES string of the molecule is [Au].c1ccc(C2=NN(c3ccccc3)[CH-]N2c2ccccc2)cc1.c1ccc2c(c1)[n-]c1ccccc12. The summed E-state index contributed by atoms with van der Waals surface area (Å²) in [7, 11) is 0. The van der Waals surface area contributed by atoms with Crippen LogP contribution in [0.4, 0.5) is 11.4 Å². The number of anilines is 2. The second-order valence-corrected chi connectivity index (χ2v) is 8.44. The van der Waals surface area contributed by atoms with Gasteiger partial charge in [-0.05, 0) is 35.0 Å². The Kier molecular flexibility index (Phi) is 7.52. The molecule has 0 aliphatic carbocycles. The topological polar surface area (TPSA) is 32.9 Å². The Morgan fingerprint density at radius 3 is 1.54 bits per heavy atom. The van der Waals surface area contributed by atoms with Crippen LogP contribution < -0.4 is 14.9 Å². The molecule has 5 aromatic carbocycles. The maximum Gasteiger partial charge on any atom is 0.129 e. The predicted octanol–water partition coefficient (Wildman–Crippen LogP) is 7.44. The summed E-state index contributed by atoms with van der Waals surface area (Å²) >= 11 is 0. The molecule has 0 saturated carbocycles. The van der Waals surface area contributed by atoms with Crippen LogP contribution in [0.1, 0.15) is 5.56 Å². The molecule has 0 saturated heterocycles. The van der Waals surface area contributed by atoms with Gasteiger partial charge in [-0.1, -0.05) is 115 Å². The average Bonchev–Trinajstić information content (AvgIpc) is 3.58. The van der Waals surface area contributed by atoms with E-state index in [1.807, 2.05) is 78.4 Å². The molecule has 7 rings (SSSR count). The number of aromatic nitrogens is 1. The van der Waals surface area contributed by atoms with Gasteiger partial charge in [0.2, 0.25) is 0 Å². The number of hydrogen-bond acceptors (Lipinski definition) is 3. The summed E-state index contributed by atoms with van der Waals surface area (Å²) in [6, 6.07) is 47.2. The summed E-state index contributed by atoms with van der Waals surface area (Å²) in [6.45, 7) is 2.02. The molecule has 6 aromatic rings. The van der Waals surface area contributed by atoms with Crippen LogP contribution in [-0.2, 0) is 22.4 Å². The van der Waals surface area contributed by atoms with E-state index in [4.69, 9.17) is 5.10 Å². The molecule has 1 aliphatic rings. The third kappa shape index (κ3) is 5.23. The van der Waals surface area contributed by atoms with Crippen molar-refractivity contribution in [2.45, 2.75) is 0 Å². The fourth-order valence-corrected chi connectivity index (χ4v) is 4.33. The van der Waals surface area contributed by atoms with E-state index in [1.165, 1.54) is 10.8 Å². The molecule has 0 N–H and O–H groups in total. The van der Waals surface area contributed by atoms with Gasteiger partial charge in [0.05, 0.1) is 0 Å². The Morgan fingerprint density at radius 2 is 0.973 bits per heavy atom. The van der Waals surface area contributed by atoms with E-state index >= 15 is 0 Å². The van der Waals surface area contributed by atoms with Crippen LogP contribution in [0.2, 0.25) is 0 Å². The van der Waals surface area contributed by atoms with E-state index in [1.54, 1.807) is 0 Å². The smallest absolute Gasteiger partial charge is 0.129 e. The quantitative estimate of drug-likeness (QED) is 0.146. The van der Waals surface area contributed by atoms with Crippen LogP contribution in [-0.4, -0.2) is 5.84 Å². The Morgan fingerprint density at radius 1 is 0.514 bits per heavy atom. The van der Waals surface area contributed by atoms with Crippen molar-refractivity contribution >= 4 is 39.0 Å². The van der Waals surface area contributed by atoms with Crippen molar-refractivity contribution in [1.29, 1.82) is 0 Å². The summed E-state index contributed by atoms with van der Waals surface area (Å²) in [4.78, 5) is 6.63. The van der Waals surface area contributed by atoms with Crippen molar-refractivity contribution in [2.24, 2.45) is 5.10 Å². The van der Waals surface area contributed by atoms with Crippen LogP contribution in [0, 0.1) is 6.67 Å². The normalized spacial score (nSPS) is 12.6. The van der Waals surface area contributed by atoms with Crippen LogP contribution in [0.25, 0.3) is 21.8 Å². The third-order valence-electron chi connectivity index (χ3n) is 6.08. The van der Waals surface area contributed by atoms with E-state index in [0.29, 0.717) is 0 Å². The molecule has 1 aliphatic heterocycles. The van der Waals surface area contributed by atoms with Gasteiger partial charge >= 0.3 is 0 Å². The van der Waals surface area contributed by atoms with Gasteiger partial charge in [-0.2, -0.15) is 5.10 Å². The van der Waals surface area contributed by atoms with Gasteiger partial charge in [0.15, 0.2) is 0 Å². The second kappa shape index (κ2) is 11.3. The fourth-order valence-electron chi connectivity index (χ4n) is 4.33. The number of benzene rings is 5. The van der Waals surface area contributed by atoms with Crippen molar-refractivity contribution in [3.05, 3.63) is 152 Å². The number of nitrogens with zero attached hydrogens (tertiary/aromatic N) is 4. The maximum absolute atomic E-state index is 4.81. The predicted molar refractivity (Wildman–Crippen MR) is 150 cm³/mol. The van der Waals surface area contributed by atoms with Gasteiger partial charge in [0, 0.05) is 39.3 Å². The molecular weight excluding hydrogens is 637 g/mol. The molecule has 0 atom stereocenters. The third-order valence-corrected chi connectivity index (χ3v) is 6.08. The molecule has 1 aromatic heterocycles. The zero-order chi connectivity index (χ0) is 24.2. The summed E-state index contributed by atoms with van der Waals surface area (Å²) in [5.74, 6) is 0.917. The van der Waals surface area contributed by atoms with E-state index in [9.17, 15) is 0 Å². The van der Waals surface area contributed by atoms with Gasteiger partial charge in [0.25, 0.3) is 0 Å². The first-order valence-electron chi connectivity index (χ1n) is 11.9. The van der Waals surface area contributed by atoms with Crippen molar-refractivity contribution in [3.63, 3.8) is 0 Å². The number of rotatable bonds is 3. The van der Waals surface area contributed by atoms with Gasteiger partial charge in [-0.3, -0.25) is 0 Å². The monoisotopic (exact) mass is 661 g/mol. The average molecular weight is 662 g/mol. The van der Waals surface area contributed by atoms with Crippen LogP contribution in [0.3, 0.4) is 0 Å². The molecule has 5 heteroatoms. The maximum atomic E-state index is 4.81. The molecule has 37 heavy (non-hydrogen) atoms. The van der Waals surface area contributed by atoms with Gasteiger partial charge in [-0.15, -0.1) is 17.7 Å². The largest absolute Gasteiger partial charge is 0.657 e. The molecule has 2 heterocycles. The standard InChI is InChI=1S/C20H16N3.C12H8N.Au/c1-4-10-17(11-5-1)20-21-23(19-14-8-3-9-15-19)16-22(20)18-12-6-2-7-13-18;1-3-7-11-9(5-1)10-6-2-4-8-12(10)13-11;/h1-16H;1-8H;/q2*-1;. The minimum Gasteiger partial charge on any atom is -0.657 e. The molecule has 0 unspecified atom stereocenters. The first-order valence-corrected chi connectivity index (χ1v) is 11.9. The fraction of sp³-hybridized carbons (Fsp3) is 0. The Hall–Kier alpha value is -4.09. The van der Waals surface area contributed by atoms with Gasteiger partial charge in [-0.25, -0.2) is 0 Å². The van der Waals surface area contributed by atoms with Crippen molar-refractivity contribution < 1.29 is 22.4 Å². The van der Waals surface area contributed by atoms with E-state index in [0.717, 1.165) is 33.8 Å². The number of para-hydroxylation sites is 4. The molecule has 1 radical (unpaired) electrons. The molecule has 0 bridgehead atoms. The Balaban J connectivity index is 0.000000170. The van der Waals surface area contributed by atoms with Gasteiger partial charge < -0.3 is 14.9 Å². The molecule has 0 fully saturated rings. The van der Waals surface area contributed by atoms with Crippen LogP contribution in [0.15, 0.2) is 145 Å². The van der Waals surface area contributed by atoms with Crippen LogP contribution >= 0.6 is 0 Å². The zero-order valence-corrected chi connectivity index (χ0v) is 22.1. The number of amidine groups is 1. The molecule has 0 spiro atoms. The number of hydrogen-bond donors (Lipinski definition) is 0. The van der Waals surface area contributed by atoms with Crippen molar-refractivity contribution in [2.75, 3.05) is 9.91 Å². The number of fused-ring (bicyclic) bond motifs is 3.